The Balaban J connectivity index is 3.52. The summed E-state index contributed by atoms with van der Waals surface area (Å²) in [6.45, 7) is 0. The van der Waals surface area contributed by atoms with Gasteiger partial charge in [0.05, 0.1) is 0 Å². The second-order valence-electron chi connectivity index (χ2n) is 4.39. The average Bonchev–Trinajstić information content (AvgIpc) is 2.27. The predicted molar refractivity (Wildman–Crippen MR) is 72.2 cm³/mol. The molecule has 10 nitrogen and oxygen atoms in total. The van der Waals surface area contributed by atoms with Crippen molar-refractivity contribution in [3.63, 3.8) is 0 Å². The van der Waals surface area contributed by atoms with Gasteiger partial charge in [-0.25, -0.2) is 0 Å². The summed E-state index contributed by atoms with van der Waals surface area (Å²) in [5.41, 5.74) is 0. The molecule has 0 saturated heterocycles. The third kappa shape index (κ3) is 15.2. The zero-order valence-corrected chi connectivity index (χ0v) is 13.3. The minimum absolute atomic E-state index is 0.138. The monoisotopic (exact) mass is 362 g/mol. The highest BCUT2D eigenvalue weighted by Gasteiger charge is 2.13. The zero-order chi connectivity index (χ0) is 17.2. The molecule has 0 aliphatic rings. The third-order valence-corrected chi connectivity index (χ3v) is 3.20. The Kier molecular flexibility index (Phi) is 9.16. The minimum atomic E-state index is -4.75. The Labute approximate surface area is 128 Å². The fraction of sp³-hybridized carbons (Fsp3) is 0.800. The van der Waals surface area contributed by atoms with Crippen molar-refractivity contribution >= 4 is 32.7 Å². The molecule has 0 radical (unpaired) electrons. The highest BCUT2D eigenvalue weighted by molar-refractivity contribution is 7.81. The molecule has 0 aromatic heterocycles. The van der Waals surface area contributed by atoms with E-state index >= 15 is 0 Å². The molecule has 0 unspecified atom stereocenters. The molecular formula is C10H18O10S2. The summed E-state index contributed by atoms with van der Waals surface area (Å²) in [7, 11) is -9.51. The first kappa shape index (κ1) is 20.8. The van der Waals surface area contributed by atoms with Crippen LogP contribution in [0.3, 0.4) is 0 Å². The fourth-order valence-electron chi connectivity index (χ4n) is 1.56. The summed E-state index contributed by atoms with van der Waals surface area (Å²) in [5, 5.41) is 0. The molecule has 0 aromatic rings. The number of carbonyl (C=O) groups excluding carboxylic acids is 2. The van der Waals surface area contributed by atoms with Gasteiger partial charge >= 0.3 is 32.7 Å². The van der Waals surface area contributed by atoms with Crippen LogP contribution < -0.4 is 0 Å². The van der Waals surface area contributed by atoms with Crippen LogP contribution in [0, 0.1) is 0 Å². The smallest absolute Gasteiger partial charge is 0.325 e. The Hall–Kier alpha value is -1.24. The average molecular weight is 362 g/mol. The first-order chi connectivity index (χ1) is 9.99. The van der Waals surface area contributed by atoms with Crippen molar-refractivity contribution in [2.45, 2.75) is 51.4 Å². The van der Waals surface area contributed by atoms with Crippen molar-refractivity contribution in [1.29, 1.82) is 0 Å². The van der Waals surface area contributed by atoms with Gasteiger partial charge in [0.25, 0.3) is 0 Å². The summed E-state index contributed by atoms with van der Waals surface area (Å²) in [6, 6.07) is 0. The van der Waals surface area contributed by atoms with Gasteiger partial charge < -0.3 is 8.37 Å². The molecule has 0 spiro atoms. The van der Waals surface area contributed by atoms with Crippen molar-refractivity contribution in [3.05, 3.63) is 0 Å². The molecule has 0 aliphatic carbocycles. The molecular weight excluding hydrogens is 344 g/mol. The number of hydrogen-bond acceptors (Lipinski definition) is 8. The number of carbonyl (C=O) groups is 2. The van der Waals surface area contributed by atoms with Crippen molar-refractivity contribution in [2.24, 2.45) is 0 Å². The lowest BCUT2D eigenvalue weighted by atomic mass is 10.1. The molecule has 0 amide bonds. The van der Waals surface area contributed by atoms with E-state index in [2.05, 4.69) is 8.37 Å². The van der Waals surface area contributed by atoms with Crippen molar-refractivity contribution in [1.82, 2.24) is 0 Å². The maximum atomic E-state index is 10.9. The second-order valence-corrected chi connectivity index (χ2v) is 6.43. The van der Waals surface area contributed by atoms with Gasteiger partial charge in [0, 0.05) is 12.8 Å². The van der Waals surface area contributed by atoms with Gasteiger partial charge in [-0.3, -0.25) is 18.7 Å². The van der Waals surface area contributed by atoms with E-state index in [1.165, 1.54) is 0 Å². The SMILES string of the molecule is O=C(CCCCCCCCC(=O)OS(=O)(=O)O)OS(=O)(=O)O. The highest BCUT2D eigenvalue weighted by atomic mass is 32.3. The molecule has 0 saturated carbocycles. The van der Waals surface area contributed by atoms with Gasteiger partial charge in [0.2, 0.25) is 0 Å². The van der Waals surface area contributed by atoms with E-state index in [1.54, 1.807) is 0 Å². The van der Waals surface area contributed by atoms with Crippen molar-refractivity contribution in [2.75, 3.05) is 0 Å². The van der Waals surface area contributed by atoms with Crippen LogP contribution in [0.1, 0.15) is 51.4 Å². The Bertz CT molecular complexity index is 511. The molecule has 12 heteroatoms. The molecule has 0 bridgehead atoms. The first-order valence-corrected chi connectivity index (χ1v) is 9.12. The number of rotatable bonds is 11. The van der Waals surface area contributed by atoms with E-state index in [-0.39, 0.29) is 12.8 Å². The highest BCUT2D eigenvalue weighted by Crippen LogP contribution is 2.10. The van der Waals surface area contributed by atoms with Gasteiger partial charge in [-0.15, -0.1) is 0 Å². The van der Waals surface area contributed by atoms with Gasteiger partial charge in [-0.2, -0.15) is 16.8 Å². The number of unbranched alkanes of at least 4 members (excludes halogenated alkanes) is 5. The van der Waals surface area contributed by atoms with E-state index in [0.29, 0.717) is 38.5 Å². The molecule has 0 atom stereocenters. The van der Waals surface area contributed by atoms with Crippen molar-refractivity contribution < 1.29 is 43.9 Å². The van der Waals surface area contributed by atoms with E-state index in [1.807, 2.05) is 0 Å². The van der Waals surface area contributed by atoms with E-state index < -0.39 is 32.7 Å². The van der Waals surface area contributed by atoms with Crippen LogP contribution >= 0.6 is 0 Å². The molecule has 0 rings (SSSR count). The van der Waals surface area contributed by atoms with Crippen LogP contribution in [0.4, 0.5) is 0 Å². The van der Waals surface area contributed by atoms with Crippen LogP contribution in [0.15, 0.2) is 0 Å². The molecule has 0 fully saturated rings. The lowest BCUT2D eigenvalue weighted by molar-refractivity contribution is -0.135. The summed E-state index contributed by atoms with van der Waals surface area (Å²) in [4.78, 5) is 21.8. The fourth-order valence-corrected chi connectivity index (χ4v) is 2.20. The van der Waals surface area contributed by atoms with Crippen molar-refractivity contribution in [3.8, 4) is 0 Å². The largest absolute Gasteiger partial charge is 0.448 e. The van der Waals surface area contributed by atoms with Crippen LogP contribution in [0.2, 0.25) is 0 Å². The maximum Gasteiger partial charge on any atom is 0.448 e. The Morgan fingerprint density at radius 1 is 0.636 bits per heavy atom. The van der Waals surface area contributed by atoms with E-state index in [0.717, 1.165) is 0 Å². The van der Waals surface area contributed by atoms with Crippen LogP contribution in [-0.2, 0) is 38.8 Å². The normalized spacial score (nSPS) is 11.9. The molecule has 130 valence electrons. The maximum absolute atomic E-state index is 10.9. The van der Waals surface area contributed by atoms with Gasteiger partial charge in [0.1, 0.15) is 0 Å². The summed E-state index contributed by atoms with van der Waals surface area (Å²) in [6.07, 6.45) is 3.17. The second kappa shape index (κ2) is 9.71. The quantitative estimate of drug-likeness (QED) is 0.397. The standard InChI is InChI=1S/C10H18O10S2/c11-9(19-21(13,14)15)7-5-3-1-2-4-6-8-10(12)20-22(16,17)18/h1-8H2,(H,13,14,15)(H,16,17,18). The Morgan fingerprint density at radius 2 is 0.909 bits per heavy atom. The third-order valence-electron chi connectivity index (χ3n) is 2.41. The predicted octanol–water partition coefficient (Wildman–Crippen LogP) is 0.799. The zero-order valence-electron chi connectivity index (χ0n) is 11.6. The molecule has 0 heterocycles. The lowest BCUT2D eigenvalue weighted by Gasteiger charge is -2.02. The summed E-state index contributed by atoms with van der Waals surface area (Å²) >= 11 is 0. The van der Waals surface area contributed by atoms with E-state index in [9.17, 15) is 26.4 Å². The van der Waals surface area contributed by atoms with Crippen LogP contribution in [-0.4, -0.2) is 37.9 Å². The summed E-state index contributed by atoms with van der Waals surface area (Å²) < 4.78 is 64.8. The molecule has 0 aliphatic heterocycles. The lowest BCUT2D eigenvalue weighted by Crippen LogP contribution is -2.11. The summed E-state index contributed by atoms with van der Waals surface area (Å²) in [5.74, 6) is -2.06. The van der Waals surface area contributed by atoms with Gasteiger partial charge in [-0.05, 0) is 12.8 Å². The molecule has 22 heavy (non-hydrogen) atoms. The molecule has 0 aromatic carbocycles. The Morgan fingerprint density at radius 3 is 1.18 bits per heavy atom. The molecule has 2 N–H and O–H groups in total. The minimum Gasteiger partial charge on any atom is -0.325 e. The number of hydrogen-bond donors (Lipinski definition) is 2. The van der Waals surface area contributed by atoms with E-state index in [4.69, 9.17) is 9.11 Å². The first-order valence-electron chi connectivity index (χ1n) is 6.39. The van der Waals surface area contributed by atoms with Crippen LogP contribution in [0.25, 0.3) is 0 Å². The van der Waals surface area contributed by atoms with Gasteiger partial charge in [-0.1, -0.05) is 25.7 Å². The van der Waals surface area contributed by atoms with Gasteiger partial charge in [0.15, 0.2) is 0 Å². The topological polar surface area (TPSA) is 161 Å². The van der Waals surface area contributed by atoms with Crippen LogP contribution in [0.5, 0.6) is 0 Å².